The Bertz CT molecular complexity index is 591. The summed E-state index contributed by atoms with van der Waals surface area (Å²) in [6.45, 7) is 2.05. The molecule has 25 heavy (non-hydrogen) atoms. The molecular formula is C18H26ClN3O3. The summed E-state index contributed by atoms with van der Waals surface area (Å²) in [5, 5.41) is 9.21. The summed E-state index contributed by atoms with van der Waals surface area (Å²) in [5.74, 6) is -0.0642. The van der Waals surface area contributed by atoms with Gasteiger partial charge in [-0.25, -0.2) is 0 Å². The number of halogens is 1. The Kier molecular flexibility index (Phi) is 6.81. The Morgan fingerprint density at radius 1 is 1.20 bits per heavy atom. The van der Waals surface area contributed by atoms with Gasteiger partial charge in [0.25, 0.3) is 5.91 Å². The zero-order chi connectivity index (χ0) is 17.0. The maximum absolute atomic E-state index is 12.8. The molecule has 1 aliphatic heterocycles. The molecule has 1 saturated carbocycles. The van der Waals surface area contributed by atoms with Crippen LogP contribution in [0.2, 0.25) is 0 Å². The number of hydrogen-bond acceptors (Lipinski definition) is 4. The van der Waals surface area contributed by atoms with Crippen molar-refractivity contribution >= 4 is 29.9 Å². The lowest BCUT2D eigenvalue weighted by atomic mass is 9.78. The maximum Gasteiger partial charge on any atom is 0.251 e. The molecule has 1 aromatic carbocycles. The lowest BCUT2D eigenvalue weighted by Crippen LogP contribution is -2.47. The van der Waals surface area contributed by atoms with Crippen LogP contribution in [0.5, 0.6) is 0 Å². The van der Waals surface area contributed by atoms with Crippen molar-refractivity contribution in [2.75, 3.05) is 32.1 Å². The van der Waals surface area contributed by atoms with Gasteiger partial charge in [0.15, 0.2) is 0 Å². The standard InChI is InChI=1S/C18H25N3O3.ClH/c1-24-12-18(8-10-19-11-9-18)17(23)21-15-4-2-13(3-5-15)16(22)20-14-6-7-14;/h2-5,14,19H,6-12H2,1H3,(H,20,22)(H,21,23);1H. The highest BCUT2D eigenvalue weighted by Gasteiger charge is 2.39. The van der Waals surface area contributed by atoms with Crippen LogP contribution in [-0.2, 0) is 9.53 Å². The van der Waals surface area contributed by atoms with Crippen molar-refractivity contribution in [3.05, 3.63) is 29.8 Å². The van der Waals surface area contributed by atoms with Crippen LogP contribution in [-0.4, -0.2) is 44.7 Å². The first kappa shape index (κ1) is 19.7. The summed E-state index contributed by atoms with van der Waals surface area (Å²) in [5.41, 5.74) is 0.840. The normalized spacial score (nSPS) is 18.8. The number of nitrogens with one attached hydrogen (secondary N) is 3. The molecule has 0 aromatic heterocycles. The van der Waals surface area contributed by atoms with Crippen molar-refractivity contribution < 1.29 is 14.3 Å². The van der Waals surface area contributed by atoms with Gasteiger partial charge in [0.1, 0.15) is 0 Å². The largest absolute Gasteiger partial charge is 0.384 e. The van der Waals surface area contributed by atoms with E-state index in [1.165, 1.54) is 0 Å². The second-order valence-corrected chi connectivity index (χ2v) is 6.74. The fourth-order valence-corrected chi connectivity index (χ4v) is 3.08. The molecule has 0 bridgehead atoms. The molecule has 1 aromatic rings. The van der Waals surface area contributed by atoms with Crippen molar-refractivity contribution in [2.45, 2.75) is 31.7 Å². The molecule has 2 fully saturated rings. The topological polar surface area (TPSA) is 79.5 Å². The first-order chi connectivity index (χ1) is 11.6. The number of methoxy groups -OCH3 is 1. The minimum absolute atomic E-state index is 0. The molecule has 2 amide bonds. The molecule has 1 saturated heterocycles. The van der Waals surface area contributed by atoms with Crippen molar-refractivity contribution in [1.82, 2.24) is 10.6 Å². The van der Waals surface area contributed by atoms with Gasteiger partial charge in [-0.2, -0.15) is 0 Å². The van der Waals surface area contributed by atoms with Crippen LogP contribution in [0.4, 0.5) is 5.69 Å². The monoisotopic (exact) mass is 367 g/mol. The number of amides is 2. The first-order valence-electron chi connectivity index (χ1n) is 8.55. The van der Waals surface area contributed by atoms with E-state index in [0.717, 1.165) is 38.8 Å². The lowest BCUT2D eigenvalue weighted by molar-refractivity contribution is -0.130. The minimum Gasteiger partial charge on any atom is -0.384 e. The zero-order valence-corrected chi connectivity index (χ0v) is 15.3. The average Bonchev–Trinajstić information content (AvgIpc) is 3.40. The van der Waals surface area contributed by atoms with Crippen LogP contribution in [0.25, 0.3) is 0 Å². The highest BCUT2D eigenvalue weighted by Crippen LogP contribution is 2.31. The SMILES string of the molecule is COCC1(C(=O)Nc2ccc(C(=O)NC3CC3)cc2)CCNCC1.Cl. The molecule has 7 heteroatoms. The van der Waals surface area contributed by atoms with Crippen LogP contribution < -0.4 is 16.0 Å². The number of piperidine rings is 1. The van der Waals surface area contributed by atoms with Crippen molar-refractivity contribution in [3.63, 3.8) is 0 Å². The van der Waals surface area contributed by atoms with Gasteiger partial charge in [0.2, 0.25) is 5.91 Å². The van der Waals surface area contributed by atoms with Gasteiger partial charge in [0.05, 0.1) is 12.0 Å². The van der Waals surface area contributed by atoms with Crippen LogP contribution in [0.1, 0.15) is 36.0 Å². The lowest BCUT2D eigenvalue weighted by Gasteiger charge is -2.35. The maximum atomic E-state index is 12.8. The molecule has 1 heterocycles. The van der Waals surface area contributed by atoms with Gasteiger partial charge in [0, 0.05) is 24.4 Å². The number of anilines is 1. The van der Waals surface area contributed by atoms with E-state index in [4.69, 9.17) is 4.74 Å². The number of carbonyl (C=O) groups is 2. The third-order valence-corrected chi connectivity index (χ3v) is 4.78. The fraction of sp³-hybridized carbons (Fsp3) is 0.556. The van der Waals surface area contributed by atoms with Gasteiger partial charge in [-0.05, 0) is 63.0 Å². The summed E-state index contributed by atoms with van der Waals surface area (Å²) < 4.78 is 5.30. The number of hydrogen-bond donors (Lipinski definition) is 3. The summed E-state index contributed by atoms with van der Waals surface area (Å²) in [7, 11) is 1.63. The second-order valence-electron chi connectivity index (χ2n) is 6.74. The van der Waals surface area contributed by atoms with Crippen LogP contribution in [0.15, 0.2) is 24.3 Å². The van der Waals surface area contributed by atoms with Crippen LogP contribution in [0.3, 0.4) is 0 Å². The van der Waals surface area contributed by atoms with Gasteiger partial charge < -0.3 is 20.7 Å². The Morgan fingerprint density at radius 3 is 2.40 bits per heavy atom. The minimum atomic E-state index is -0.484. The van der Waals surface area contributed by atoms with Crippen LogP contribution in [0, 0.1) is 5.41 Å². The smallest absolute Gasteiger partial charge is 0.251 e. The van der Waals surface area contributed by atoms with E-state index in [1.54, 1.807) is 31.4 Å². The number of benzene rings is 1. The number of ether oxygens (including phenoxy) is 1. The van der Waals surface area contributed by atoms with Crippen molar-refractivity contribution in [1.29, 1.82) is 0 Å². The molecule has 1 aliphatic carbocycles. The predicted octanol–water partition coefficient (Wildman–Crippen LogP) is 1.96. The molecule has 138 valence electrons. The first-order valence-corrected chi connectivity index (χ1v) is 8.55. The van der Waals surface area contributed by atoms with Gasteiger partial charge >= 0.3 is 0 Å². The van der Waals surface area contributed by atoms with E-state index in [1.807, 2.05) is 0 Å². The average molecular weight is 368 g/mol. The summed E-state index contributed by atoms with van der Waals surface area (Å²) >= 11 is 0. The third-order valence-electron chi connectivity index (χ3n) is 4.78. The van der Waals surface area contributed by atoms with Gasteiger partial charge in [-0.15, -0.1) is 12.4 Å². The molecule has 0 atom stereocenters. The molecule has 6 nitrogen and oxygen atoms in total. The quantitative estimate of drug-likeness (QED) is 0.718. The van der Waals surface area contributed by atoms with E-state index >= 15 is 0 Å². The van der Waals surface area contributed by atoms with E-state index in [9.17, 15) is 9.59 Å². The number of carbonyl (C=O) groups excluding carboxylic acids is 2. The summed E-state index contributed by atoms with van der Waals surface area (Å²) in [4.78, 5) is 24.7. The van der Waals surface area contributed by atoms with Crippen LogP contribution >= 0.6 is 12.4 Å². The molecular weight excluding hydrogens is 342 g/mol. The Labute approximate surface area is 154 Å². The molecule has 0 spiro atoms. The highest BCUT2D eigenvalue weighted by molar-refractivity contribution is 5.97. The van der Waals surface area contributed by atoms with E-state index in [0.29, 0.717) is 23.9 Å². The van der Waals surface area contributed by atoms with Crippen molar-refractivity contribution in [3.8, 4) is 0 Å². The molecule has 3 rings (SSSR count). The Hall–Kier alpha value is -1.63. The van der Waals surface area contributed by atoms with E-state index < -0.39 is 5.41 Å². The Balaban J connectivity index is 0.00000225. The molecule has 3 N–H and O–H groups in total. The summed E-state index contributed by atoms with van der Waals surface area (Å²) in [6, 6.07) is 7.39. The second kappa shape index (κ2) is 8.65. The van der Waals surface area contributed by atoms with Crippen molar-refractivity contribution in [2.24, 2.45) is 5.41 Å². The number of rotatable bonds is 6. The summed E-state index contributed by atoms with van der Waals surface area (Å²) in [6.07, 6.45) is 3.65. The zero-order valence-electron chi connectivity index (χ0n) is 14.5. The highest BCUT2D eigenvalue weighted by atomic mass is 35.5. The van der Waals surface area contributed by atoms with E-state index in [-0.39, 0.29) is 24.2 Å². The van der Waals surface area contributed by atoms with E-state index in [2.05, 4.69) is 16.0 Å². The molecule has 0 unspecified atom stereocenters. The van der Waals surface area contributed by atoms with Gasteiger partial charge in [-0.3, -0.25) is 9.59 Å². The molecule has 0 radical (unpaired) electrons. The predicted molar refractivity (Wildman–Crippen MR) is 99.2 cm³/mol. The van der Waals surface area contributed by atoms with Gasteiger partial charge in [-0.1, -0.05) is 0 Å². The molecule has 2 aliphatic rings. The Morgan fingerprint density at radius 2 is 1.84 bits per heavy atom. The third kappa shape index (κ3) is 4.93. The fourth-order valence-electron chi connectivity index (χ4n) is 3.08.